The molecule has 0 amide bonds. The van der Waals surface area contributed by atoms with Gasteiger partial charge in [-0.15, -0.1) is 0 Å². The van der Waals surface area contributed by atoms with Crippen LogP contribution >= 0.6 is 0 Å². The molecule has 1 fully saturated rings. The highest BCUT2D eigenvalue weighted by Gasteiger charge is 2.41. The summed E-state index contributed by atoms with van der Waals surface area (Å²) in [6.45, 7) is 6.74. The van der Waals surface area contributed by atoms with E-state index in [1.165, 1.54) is 24.9 Å². The van der Waals surface area contributed by atoms with Crippen molar-refractivity contribution in [2.75, 3.05) is 20.1 Å². The van der Waals surface area contributed by atoms with Gasteiger partial charge < -0.3 is 10.6 Å². The number of rotatable bonds is 4. The van der Waals surface area contributed by atoms with Crippen LogP contribution in [0.25, 0.3) is 0 Å². The number of likely N-dealkylation sites (tertiary alicyclic amines) is 1. The highest BCUT2D eigenvalue weighted by atomic mass is 15.1. The van der Waals surface area contributed by atoms with E-state index in [2.05, 4.69) is 56.1 Å². The first kappa shape index (κ1) is 14.5. The zero-order valence-electron chi connectivity index (χ0n) is 12.6. The molecule has 0 bridgehead atoms. The average molecular weight is 260 g/mol. The number of nitrogens with two attached hydrogens (primary N) is 1. The van der Waals surface area contributed by atoms with Gasteiger partial charge in [-0.1, -0.05) is 37.3 Å². The van der Waals surface area contributed by atoms with E-state index in [0.29, 0.717) is 17.4 Å². The SMILES string of the molecule is C[C@H]1C[C@](CCN)(Cc2ccccc2)[C@@H](C)CN1C. The number of piperidine rings is 1. The van der Waals surface area contributed by atoms with Crippen molar-refractivity contribution in [3.63, 3.8) is 0 Å². The van der Waals surface area contributed by atoms with E-state index in [4.69, 9.17) is 5.73 Å². The van der Waals surface area contributed by atoms with Crippen molar-refractivity contribution in [2.45, 2.75) is 39.2 Å². The van der Waals surface area contributed by atoms with Crippen LogP contribution in [0.2, 0.25) is 0 Å². The summed E-state index contributed by atoms with van der Waals surface area (Å²) in [5.41, 5.74) is 7.76. The van der Waals surface area contributed by atoms with Crippen molar-refractivity contribution in [1.82, 2.24) is 4.90 Å². The summed E-state index contributed by atoms with van der Waals surface area (Å²) in [6.07, 6.45) is 3.57. The Balaban J connectivity index is 2.21. The van der Waals surface area contributed by atoms with Crippen molar-refractivity contribution >= 4 is 0 Å². The maximum Gasteiger partial charge on any atom is 0.00695 e. The molecule has 1 aromatic carbocycles. The van der Waals surface area contributed by atoms with Gasteiger partial charge in [0.05, 0.1) is 0 Å². The molecule has 0 aromatic heterocycles. The molecular formula is C17H28N2. The van der Waals surface area contributed by atoms with E-state index in [0.717, 1.165) is 13.0 Å². The summed E-state index contributed by atoms with van der Waals surface area (Å²) in [6, 6.07) is 11.6. The molecular weight excluding hydrogens is 232 g/mol. The Hall–Kier alpha value is -0.860. The summed E-state index contributed by atoms with van der Waals surface area (Å²) < 4.78 is 0. The standard InChI is InChI=1S/C17H28N2/c1-14-13-19(3)15(2)11-17(14,9-10-18)12-16-7-5-4-6-8-16/h4-8,14-15H,9-13,18H2,1-3H3/t14-,15-,17+/m0/s1. The van der Waals surface area contributed by atoms with Gasteiger partial charge in [0.2, 0.25) is 0 Å². The minimum absolute atomic E-state index is 0.377. The van der Waals surface area contributed by atoms with E-state index in [1.54, 1.807) is 0 Å². The lowest BCUT2D eigenvalue weighted by Gasteiger charge is -2.49. The number of benzene rings is 1. The Morgan fingerprint density at radius 1 is 1.26 bits per heavy atom. The lowest BCUT2D eigenvalue weighted by molar-refractivity contribution is 0.0148. The fourth-order valence-corrected chi connectivity index (χ4v) is 3.72. The number of nitrogens with zero attached hydrogens (tertiary/aromatic N) is 1. The van der Waals surface area contributed by atoms with Gasteiger partial charge >= 0.3 is 0 Å². The maximum atomic E-state index is 5.93. The molecule has 0 radical (unpaired) electrons. The largest absolute Gasteiger partial charge is 0.330 e. The van der Waals surface area contributed by atoms with Crippen molar-refractivity contribution in [3.8, 4) is 0 Å². The van der Waals surface area contributed by atoms with Crippen LogP contribution in [0.15, 0.2) is 30.3 Å². The van der Waals surface area contributed by atoms with Gasteiger partial charge in [-0.25, -0.2) is 0 Å². The average Bonchev–Trinajstić information content (AvgIpc) is 2.38. The van der Waals surface area contributed by atoms with Crippen LogP contribution in [0.5, 0.6) is 0 Å². The van der Waals surface area contributed by atoms with Crippen molar-refractivity contribution in [2.24, 2.45) is 17.1 Å². The van der Waals surface area contributed by atoms with Crippen molar-refractivity contribution in [1.29, 1.82) is 0 Å². The smallest absolute Gasteiger partial charge is 0.00695 e. The molecule has 1 aromatic rings. The van der Waals surface area contributed by atoms with Crippen LogP contribution in [0.3, 0.4) is 0 Å². The van der Waals surface area contributed by atoms with Crippen LogP contribution in [0.4, 0.5) is 0 Å². The third-order valence-corrected chi connectivity index (χ3v) is 5.10. The van der Waals surface area contributed by atoms with E-state index in [9.17, 15) is 0 Å². The molecule has 0 saturated carbocycles. The minimum Gasteiger partial charge on any atom is -0.330 e. The molecule has 2 heteroatoms. The molecule has 2 N–H and O–H groups in total. The van der Waals surface area contributed by atoms with Crippen LogP contribution in [-0.2, 0) is 6.42 Å². The van der Waals surface area contributed by atoms with Gasteiger partial charge in [0, 0.05) is 12.6 Å². The van der Waals surface area contributed by atoms with E-state index >= 15 is 0 Å². The van der Waals surface area contributed by atoms with Gasteiger partial charge in [-0.3, -0.25) is 0 Å². The summed E-state index contributed by atoms with van der Waals surface area (Å²) in [7, 11) is 2.25. The fourth-order valence-electron chi connectivity index (χ4n) is 3.72. The Morgan fingerprint density at radius 3 is 2.58 bits per heavy atom. The van der Waals surface area contributed by atoms with E-state index in [-0.39, 0.29) is 0 Å². The zero-order chi connectivity index (χ0) is 13.9. The molecule has 0 spiro atoms. The monoisotopic (exact) mass is 260 g/mol. The minimum atomic E-state index is 0.377. The Bertz CT molecular complexity index is 390. The van der Waals surface area contributed by atoms with Crippen molar-refractivity contribution in [3.05, 3.63) is 35.9 Å². The summed E-state index contributed by atoms with van der Waals surface area (Å²) in [4.78, 5) is 2.49. The van der Waals surface area contributed by atoms with Crippen LogP contribution in [0, 0.1) is 11.3 Å². The van der Waals surface area contributed by atoms with E-state index in [1.807, 2.05) is 0 Å². The summed E-state index contributed by atoms with van der Waals surface area (Å²) >= 11 is 0. The van der Waals surface area contributed by atoms with Crippen LogP contribution in [-0.4, -0.2) is 31.1 Å². The molecule has 2 rings (SSSR count). The second kappa shape index (κ2) is 6.06. The first-order valence-electron chi connectivity index (χ1n) is 7.51. The summed E-state index contributed by atoms with van der Waals surface area (Å²) in [5.74, 6) is 0.706. The second-order valence-corrected chi connectivity index (χ2v) is 6.46. The Kier molecular flexibility index (Phi) is 4.64. The normalized spacial score (nSPS) is 32.4. The van der Waals surface area contributed by atoms with Gasteiger partial charge in [-0.05, 0) is 56.7 Å². The fraction of sp³-hybridized carbons (Fsp3) is 0.647. The second-order valence-electron chi connectivity index (χ2n) is 6.46. The van der Waals surface area contributed by atoms with Crippen LogP contribution < -0.4 is 5.73 Å². The third-order valence-electron chi connectivity index (χ3n) is 5.10. The summed E-state index contributed by atoms with van der Waals surface area (Å²) in [5, 5.41) is 0. The predicted octanol–water partition coefficient (Wildman–Crippen LogP) is 2.92. The number of hydrogen-bond donors (Lipinski definition) is 1. The number of hydrogen-bond acceptors (Lipinski definition) is 2. The van der Waals surface area contributed by atoms with Crippen molar-refractivity contribution < 1.29 is 0 Å². The lowest BCUT2D eigenvalue weighted by Crippen LogP contribution is -2.50. The highest BCUT2D eigenvalue weighted by Crippen LogP contribution is 2.44. The van der Waals surface area contributed by atoms with Gasteiger partial charge in [0.25, 0.3) is 0 Å². The molecule has 106 valence electrons. The molecule has 1 heterocycles. The molecule has 3 atom stereocenters. The molecule has 1 saturated heterocycles. The quantitative estimate of drug-likeness (QED) is 0.902. The first-order chi connectivity index (χ1) is 9.07. The molecule has 19 heavy (non-hydrogen) atoms. The van der Waals surface area contributed by atoms with Gasteiger partial charge in [-0.2, -0.15) is 0 Å². The zero-order valence-corrected chi connectivity index (χ0v) is 12.6. The maximum absolute atomic E-state index is 5.93. The molecule has 2 nitrogen and oxygen atoms in total. The Labute approximate surface area is 118 Å². The lowest BCUT2D eigenvalue weighted by atomic mass is 9.64. The van der Waals surface area contributed by atoms with Gasteiger partial charge in [0.15, 0.2) is 0 Å². The predicted molar refractivity (Wildman–Crippen MR) is 82.1 cm³/mol. The highest BCUT2D eigenvalue weighted by molar-refractivity contribution is 5.17. The Morgan fingerprint density at radius 2 is 1.95 bits per heavy atom. The molecule has 1 aliphatic rings. The van der Waals surface area contributed by atoms with Crippen LogP contribution in [0.1, 0.15) is 32.3 Å². The molecule has 0 unspecified atom stereocenters. The molecule has 0 aliphatic carbocycles. The first-order valence-corrected chi connectivity index (χ1v) is 7.51. The third kappa shape index (κ3) is 3.18. The van der Waals surface area contributed by atoms with E-state index < -0.39 is 0 Å². The molecule has 1 aliphatic heterocycles. The van der Waals surface area contributed by atoms with Gasteiger partial charge in [0.1, 0.15) is 0 Å². The topological polar surface area (TPSA) is 29.3 Å².